The van der Waals surface area contributed by atoms with Crippen LogP contribution in [0.1, 0.15) is 13.8 Å². The van der Waals surface area contributed by atoms with Gasteiger partial charge in [0.1, 0.15) is 7.05 Å². The number of aromatic nitrogens is 1. The zero-order valence-electron chi connectivity index (χ0n) is 6.63. The Morgan fingerprint density at radius 1 is 1.30 bits per heavy atom. The van der Waals surface area contributed by atoms with Gasteiger partial charge in [-0.1, -0.05) is 13.8 Å². The van der Waals surface area contributed by atoms with Gasteiger partial charge < -0.3 is 0 Å². The molecule has 0 fully saturated rings. The van der Waals surface area contributed by atoms with Gasteiger partial charge >= 0.3 is 0 Å². The van der Waals surface area contributed by atoms with E-state index in [0.29, 0.717) is 0 Å². The second kappa shape index (κ2) is 5.24. The third-order valence-corrected chi connectivity index (χ3v) is 1.38. The molecule has 0 aliphatic rings. The molecule has 0 aliphatic carbocycles. The summed E-state index contributed by atoms with van der Waals surface area (Å²) in [6, 6.07) is 5.69. The van der Waals surface area contributed by atoms with Crippen molar-refractivity contribution >= 4 is 11.6 Å². The topological polar surface area (TPSA) is 3.88 Å². The van der Waals surface area contributed by atoms with Gasteiger partial charge in [-0.15, -0.1) is 0 Å². The lowest BCUT2D eigenvalue weighted by Gasteiger charge is -1.84. The Kier molecular flexibility index (Phi) is 4.95. The molecule has 0 spiro atoms. The van der Waals surface area contributed by atoms with Gasteiger partial charge in [-0.3, -0.25) is 0 Å². The molecule has 56 valence electrons. The van der Waals surface area contributed by atoms with E-state index in [9.17, 15) is 0 Å². The van der Waals surface area contributed by atoms with E-state index in [2.05, 4.69) is 0 Å². The van der Waals surface area contributed by atoms with Crippen LogP contribution in [0.3, 0.4) is 0 Å². The maximum Gasteiger partial charge on any atom is 0.274 e. The number of rotatable bonds is 0. The average molecular weight is 159 g/mol. The third kappa shape index (κ3) is 2.83. The Balaban J connectivity index is 0.000000371. The van der Waals surface area contributed by atoms with Gasteiger partial charge in [0.15, 0.2) is 6.20 Å². The predicted molar refractivity (Wildman–Crippen MR) is 44.0 cm³/mol. The monoisotopic (exact) mass is 158 g/mol. The number of nitrogens with zero attached hydrogens (tertiary/aromatic N) is 1. The molecule has 2 heteroatoms. The van der Waals surface area contributed by atoms with E-state index in [1.807, 2.05) is 49.9 Å². The van der Waals surface area contributed by atoms with Crippen molar-refractivity contribution in [2.24, 2.45) is 7.05 Å². The fraction of sp³-hybridized carbons (Fsp3) is 0.375. The van der Waals surface area contributed by atoms with Crippen molar-refractivity contribution in [1.82, 2.24) is 0 Å². The van der Waals surface area contributed by atoms with Gasteiger partial charge in [0.2, 0.25) is 0 Å². The van der Waals surface area contributed by atoms with Crippen LogP contribution in [-0.4, -0.2) is 0 Å². The normalized spacial score (nSPS) is 8.00. The van der Waals surface area contributed by atoms with Gasteiger partial charge in [0, 0.05) is 12.1 Å². The molecule has 0 atom stereocenters. The highest BCUT2D eigenvalue weighted by atomic mass is 35.5. The van der Waals surface area contributed by atoms with Crippen LogP contribution in [0.15, 0.2) is 24.4 Å². The fourth-order valence-corrected chi connectivity index (χ4v) is 0.632. The highest BCUT2D eigenvalue weighted by Crippen LogP contribution is 1.95. The van der Waals surface area contributed by atoms with Gasteiger partial charge in [0.05, 0.1) is 0 Å². The lowest BCUT2D eigenvalue weighted by atomic mass is 10.5. The largest absolute Gasteiger partial charge is 0.274 e. The summed E-state index contributed by atoms with van der Waals surface area (Å²) in [5.74, 6) is 0. The molecule has 1 nitrogen and oxygen atoms in total. The molecule has 10 heavy (non-hydrogen) atoms. The molecular formula is C8H13ClN+. The highest BCUT2D eigenvalue weighted by Gasteiger charge is 1.94. The van der Waals surface area contributed by atoms with Crippen LogP contribution in [0.2, 0.25) is 5.15 Å². The van der Waals surface area contributed by atoms with E-state index in [-0.39, 0.29) is 0 Å². The Labute approximate surface area is 67.3 Å². The molecule has 1 aromatic heterocycles. The molecule has 1 heterocycles. The summed E-state index contributed by atoms with van der Waals surface area (Å²) in [6.45, 7) is 4.00. The number of halogens is 1. The maximum atomic E-state index is 5.67. The van der Waals surface area contributed by atoms with Crippen LogP contribution in [0, 0.1) is 0 Å². The Morgan fingerprint density at radius 2 is 1.90 bits per heavy atom. The first-order valence-corrected chi connectivity index (χ1v) is 3.78. The van der Waals surface area contributed by atoms with Gasteiger partial charge in [-0.05, 0) is 17.7 Å². The quantitative estimate of drug-likeness (QED) is 0.403. The lowest BCUT2D eigenvalue weighted by Crippen LogP contribution is -2.27. The van der Waals surface area contributed by atoms with Crippen molar-refractivity contribution in [2.45, 2.75) is 13.8 Å². The van der Waals surface area contributed by atoms with E-state index >= 15 is 0 Å². The zero-order valence-corrected chi connectivity index (χ0v) is 7.39. The number of hydrogen-bond acceptors (Lipinski definition) is 0. The fourth-order valence-electron chi connectivity index (χ4n) is 0.503. The first-order valence-electron chi connectivity index (χ1n) is 3.41. The SMILES string of the molecule is CC.C[n+]1ccccc1Cl. The summed E-state index contributed by atoms with van der Waals surface area (Å²) in [5.41, 5.74) is 0. The van der Waals surface area contributed by atoms with Crippen LogP contribution >= 0.6 is 11.6 Å². The van der Waals surface area contributed by atoms with Crippen molar-refractivity contribution in [3.05, 3.63) is 29.5 Å². The molecule has 0 radical (unpaired) electrons. The lowest BCUT2D eigenvalue weighted by molar-refractivity contribution is -0.669. The second-order valence-corrected chi connectivity index (χ2v) is 2.02. The van der Waals surface area contributed by atoms with E-state index < -0.39 is 0 Å². The molecule has 0 amide bonds. The first-order chi connectivity index (χ1) is 4.80. The molecule has 0 saturated carbocycles. The van der Waals surface area contributed by atoms with Crippen molar-refractivity contribution in [3.63, 3.8) is 0 Å². The smallest absolute Gasteiger partial charge is 0.191 e. The minimum Gasteiger partial charge on any atom is -0.191 e. The van der Waals surface area contributed by atoms with Crippen molar-refractivity contribution in [3.8, 4) is 0 Å². The molecule has 0 unspecified atom stereocenters. The number of pyridine rings is 1. The van der Waals surface area contributed by atoms with E-state index in [1.54, 1.807) is 0 Å². The standard InChI is InChI=1S/C6H7ClN.C2H6/c1-8-5-3-2-4-6(8)7;1-2/h2-5H,1H3;1-2H3/q+1;. The molecule has 1 rings (SSSR count). The van der Waals surface area contributed by atoms with E-state index in [4.69, 9.17) is 11.6 Å². The van der Waals surface area contributed by atoms with Crippen molar-refractivity contribution in [1.29, 1.82) is 0 Å². The molecule has 0 bridgehead atoms. The van der Waals surface area contributed by atoms with Gasteiger partial charge in [-0.2, -0.15) is 4.57 Å². The van der Waals surface area contributed by atoms with Crippen LogP contribution < -0.4 is 4.57 Å². The maximum absolute atomic E-state index is 5.67. The molecular weight excluding hydrogens is 146 g/mol. The summed E-state index contributed by atoms with van der Waals surface area (Å²) < 4.78 is 1.85. The molecule has 0 saturated heterocycles. The minimum absolute atomic E-state index is 0.757. The summed E-state index contributed by atoms with van der Waals surface area (Å²) in [4.78, 5) is 0. The third-order valence-electron chi connectivity index (χ3n) is 0.991. The Hall–Kier alpha value is -0.560. The summed E-state index contributed by atoms with van der Waals surface area (Å²) >= 11 is 5.67. The average Bonchev–Trinajstić information content (AvgIpc) is 2.00. The van der Waals surface area contributed by atoms with Crippen molar-refractivity contribution in [2.75, 3.05) is 0 Å². The van der Waals surface area contributed by atoms with Crippen LogP contribution in [0.5, 0.6) is 0 Å². The summed E-state index contributed by atoms with van der Waals surface area (Å²) in [5, 5.41) is 0.757. The highest BCUT2D eigenvalue weighted by molar-refractivity contribution is 6.28. The van der Waals surface area contributed by atoms with E-state index in [0.717, 1.165) is 5.15 Å². The second-order valence-electron chi connectivity index (χ2n) is 1.63. The molecule has 0 aromatic carbocycles. The van der Waals surface area contributed by atoms with Crippen molar-refractivity contribution < 1.29 is 4.57 Å². The van der Waals surface area contributed by atoms with Gasteiger partial charge in [0.25, 0.3) is 5.15 Å². The molecule has 0 aliphatic heterocycles. The summed E-state index contributed by atoms with van der Waals surface area (Å²) in [6.07, 6.45) is 1.91. The van der Waals surface area contributed by atoms with Crippen LogP contribution in [0.25, 0.3) is 0 Å². The molecule has 0 N–H and O–H groups in total. The first kappa shape index (κ1) is 9.44. The zero-order chi connectivity index (χ0) is 7.98. The minimum atomic E-state index is 0.757. The van der Waals surface area contributed by atoms with Crippen LogP contribution in [-0.2, 0) is 7.05 Å². The summed E-state index contributed by atoms with van der Waals surface area (Å²) in [7, 11) is 1.91. The van der Waals surface area contributed by atoms with Crippen LogP contribution in [0.4, 0.5) is 0 Å². The Bertz CT molecular complexity index is 165. The number of aryl methyl sites for hydroxylation is 1. The Morgan fingerprint density at radius 3 is 2.20 bits per heavy atom. The number of hydrogen-bond donors (Lipinski definition) is 0. The van der Waals surface area contributed by atoms with Gasteiger partial charge in [-0.25, -0.2) is 0 Å². The van der Waals surface area contributed by atoms with E-state index in [1.165, 1.54) is 0 Å². The molecule has 1 aromatic rings. The predicted octanol–water partition coefficient (Wildman–Crippen LogP) is 2.19.